The minimum atomic E-state index is -0.660. The molecule has 6 rings (SSSR count). The van der Waals surface area contributed by atoms with E-state index in [1.165, 1.54) is 4.90 Å². The van der Waals surface area contributed by atoms with Gasteiger partial charge in [0, 0.05) is 30.6 Å². The fourth-order valence-electron chi connectivity index (χ4n) is 5.71. The van der Waals surface area contributed by atoms with Crippen molar-refractivity contribution >= 4 is 29.4 Å². The molecule has 2 saturated heterocycles. The monoisotopic (exact) mass is 446 g/mol. The summed E-state index contributed by atoms with van der Waals surface area (Å²) in [6.45, 7) is 0.654. The van der Waals surface area contributed by atoms with Crippen molar-refractivity contribution in [2.24, 2.45) is 5.73 Å². The molecule has 3 unspecified atom stereocenters. The van der Waals surface area contributed by atoms with Crippen LogP contribution >= 0.6 is 0 Å². The van der Waals surface area contributed by atoms with Gasteiger partial charge >= 0.3 is 6.03 Å². The Morgan fingerprint density at radius 2 is 1.94 bits per heavy atom. The highest BCUT2D eigenvalue weighted by Crippen LogP contribution is 2.53. The van der Waals surface area contributed by atoms with Crippen LogP contribution in [0.25, 0.3) is 0 Å². The molecule has 0 aliphatic carbocycles. The molecule has 3 N–H and O–H groups in total. The van der Waals surface area contributed by atoms with Crippen LogP contribution in [0.3, 0.4) is 0 Å². The summed E-state index contributed by atoms with van der Waals surface area (Å²) in [6, 6.07) is 12.1. The molecule has 4 aliphatic rings. The Morgan fingerprint density at radius 3 is 2.67 bits per heavy atom. The van der Waals surface area contributed by atoms with Gasteiger partial charge in [0.25, 0.3) is 5.91 Å². The molecule has 4 aliphatic heterocycles. The number of nitrogens with one attached hydrogen (secondary N) is 1. The molecule has 0 saturated carbocycles. The quantitative estimate of drug-likeness (QED) is 0.676. The molecule has 2 fully saturated rings. The molecule has 5 amide bonds. The van der Waals surface area contributed by atoms with E-state index in [1.807, 2.05) is 36.4 Å². The third kappa shape index (κ3) is 2.75. The Labute approximate surface area is 189 Å². The number of imide groups is 1. The van der Waals surface area contributed by atoms with Gasteiger partial charge in [-0.25, -0.2) is 4.79 Å². The van der Waals surface area contributed by atoms with Crippen molar-refractivity contribution in [3.05, 3.63) is 64.7 Å². The Hall–Kier alpha value is -3.72. The fourth-order valence-corrected chi connectivity index (χ4v) is 5.71. The van der Waals surface area contributed by atoms with Crippen molar-refractivity contribution in [3.63, 3.8) is 0 Å². The SMILES string of the molecule is NC(=O)N1c2ccccc2CC12COC2c1ccc2c(c1)CN(C1CCC(=O)NC1=O)C2=O. The Morgan fingerprint density at radius 1 is 1.12 bits per heavy atom. The van der Waals surface area contributed by atoms with Gasteiger partial charge in [0.15, 0.2) is 0 Å². The molecule has 168 valence electrons. The maximum absolute atomic E-state index is 13.0. The predicted octanol–water partition coefficient (Wildman–Crippen LogP) is 1.40. The van der Waals surface area contributed by atoms with Crippen LogP contribution in [0.4, 0.5) is 10.5 Å². The van der Waals surface area contributed by atoms with Crippen LogP contribution in [0.2, 0.25) is 0 Å². The van der Waals surface area contributed by atoms with Gasteiger partial charge in [0.05, 0.1) is 6.61 Å². The molecule has 9 nitrogen and oxygen atoms in total. The van der Waals surface area contributed by atoms with Gasteiger partial charge in [0.2, 0.25) is 11.8 Å². The normalized spacial score (nSPS) is 27.9. The molecule has 9 heteroatoms. The minimum absolute atomic E-state index is 0.212. The average Bonchev–Trinajstić information content (AvgIpc) is 3.30. The van der Waals surface area contributed by atoms with Crippen LogP contribution in [0.15, 0.2) is 42.5 Å². The third-order valence-corrected chi connectivity index (χ3v) is 7.23. The minimum Gasteiger partial charge on any atom is -0.368 e. The van der Waals surface area contributed by atoms with Gasteiger partial charge in [-0.05, 0) is 35.2 Å². The van der Waals surface area contributed by atoms with Crippen LogP contribution in [0.1, 0.15) is 46.0 Å². The van der Waals surface area contributed by atoms with E-state index < -0.39 is 23.5 Å². The first-order valence-electron chi connectivity index (χ1n) is 11.0. The molecule has 33 heavy (non-hydrogen) atoms. The smallest absolute Gasteiger partial charge is 0.319 e. The van der Waals surface area contributed by atoms with Crippen molar-refractivity contribution in [2.45, 2.75) is 43.5 Å². The molecule has 3 atom stereocenters. The lowest BCUT2D eigenvalue weighted by Crippen LogP contribution is -2.65. The van der Waals surface area contributed by atoms with Crippen LogP contribution in [-0.4, -0.2) is 46.8 Å². The van der Waals surface area contributed by atoms with E-state index in [9.17, 15) is 19.2 Å². The number of rotatable bonds is 2. The number of urea groups is 1. The number of nitrogens with zero attached hydrogens (tertiary/aromatic N) is 2. The van der Waals surface area contributed by atoms with Crippen LogP contribution in [0.5, 0.6) is 0 Å². The number of fused-ring (bicyclic) bond motifs is 2. The number of para-hydroxylation sites is 1. The number of hydrogen-bond donors (Lipinski definition) is 2. The van der Waals surface area contributed by atoms with Gasteiger partial charge in [0.1, 0.15) is 17.7 Å². The fraction of sp³-hybridized carbons (Fsp3) is 0.333. The second kappa shape index (κ2) is 6.89. The standard InChI is InChI=1S/C24H22N4O5/c25-23(32)28-17-4-2-1-3-14(17)10-24(28)12-33-20(24)13-5-6-16-15(9-13)11-27(22(16)31)18-7-8-19(29)26-21(18)30/h1-6,9,18,20H,7-8,10-12H2,(H2,25,32)(H,26,29,30). The number of primary amides is 1. The average molecular weight is 446 g/mol. The highest BCUT2D eigenvalue weighted by molar-refractivity contribution is 6.05. The van der Waals surface area contributed by atoms with Crippen molar-refractivity contribution < 1.29 is 23.9 Å². The summed E-state index contributed by atoms with van der Waals surface area (Å²) in [4.78, 5) is 52.4. The number of amides is 5. The first-order chi connectivity index (χ1) is 15.9. The summed E-state index contributed by atoms with van der Waals surface area (Å²) in [5.74, 6) is -0.969. The van der Waals surface area contributed by atoms with Gasteiger partial charge in [-0.2, -0.15) is 0 Å². The van der Waals surface area contributed by atoms with Crippen LogP contribution < -0.4 is 16.0 Å². The zero-order valence-electron chi connectivity index (χ0n) is 17.7. The summed E-state index contributed by atoms with van der Waals surface area (Å²) in [7, 11) is 0. The number of carbonyl (C=O) groups is 4. The molecule has 0 radical (unpaired) electrons. The summed E-state index contributed by atoms with van der Waals surface area (Å²) in [6.07, 6.45) is 0.777. The van der Waals surface area contributed by atoms with Crippen LogP contribution in [0, 0.1) is 0 Å². The molecular formula is C24H22N4O5. The molecule has 0 aromatic heterocycles. The summed E-state index contributed by atoms with van der Waals surface area (Å²) >= 11 is 0. The van der Waals surface area contributed by atoms with Gasteiger partial charge in [-0.15, -0.1) is 0 Å². The third-order valence-electron chi connectivity index (χ3n) is 7.23. The maximum Gasteiger partial charge on any atom is 0.319 e. The van der Waals surface area contributed by atoms with Crippen molar-refractivity contribution in [1.29, 1.82) is 0 Å². The number of hydrogen-bond acceptors (Lipinski definition) is 5. The van der Waals surface area contributed by atoms with E-state index in [4.69, 9.17) is 10.5 Å². The van der Waals surface area contributed by atoms with E-state index in [0.717, 1.165) is 22.4 Å². The summed E-state index contributed by atoms with van der Waals surface area (Å²) < 4.78 is 5.98. The molecule has 4 heterocycles. The number of piperidine rings is 1. The Kier molecular flexibility index (Phi) is 4.16. The Bertz CT molecular complexity index is 1240. The van der Waals surface area contributed by atoms with E-state index >= 15 is 0 Å². The Balaban J connectivity index is 1.30. The van der Waals surface area contributed by atoms with Crippen molar-refractivity contribution in [3.8, 4) is 0 Å². The topological polar surface area (TPSA) is 122 Å². The number of anilines is 1. The molecule has 2 aromatic rings. The number of ether oxygens (including phenoxy) is 1. The lowest BCUT2D eigenvalue weighted by atomic mass is 9.79. The number of benzene rings is 2. The second-order valence-corrected chi connectivity index (χ2v) is 9.09. The zero-order valence-corrected chi connectivity index (χ0v) is 17.7. The molecule has 0 bridgehead atoms. The highest BCUT2D eigenvalue weighted by atomic mass is 16.5. The van der Waals surface area contributed by atoms with E-state index in [0.29, 0.717) is 25.0 Å². The van der Waals surface area contributed by atoms with Crippen molar-refractivity contribution in [1.82, 2.24) is 10.2 Å². The van der Waals surface area contributed by atoms with E-state index in [2.05, 4.69) is 5.32 Å². The molecule has 2 aromatic carbocycles. The second-order valence-electron chi connectivity index (χ2n) is 9.09. The van der Waals surface area contributed by atoms with E-state index in [1.54, 1.807) is 11.0 Å². The lowest BCUT2D eigenvalue weighted by Gasteiger charge is -2.51. The lowest BCUT2D eigenvalue weighted by molar-refractivity contribution is -0.136. The largest absolute Gasteiger partial charge is 0.368 e. The number of nitrogens with two attached hydrogens (primary N) is 1. The van der Waals surface area contributed by atoms with Gasteiger partial charge in [-0.1, -0.05) is 30.3 Å². The predicted molar refractivity (Wildman–Crippen MR) is 116 cm³/mol. The van der Waals surface area contributed by atoms with Crippen molar-refractivity contribution in [2.75, 3.05) is 11.5 Å². The maximum atomic E-state index is 13.0. The number of carbonyl (C=O) groups excluding carboxylic acids is 4. The van der Waals surface area contributed by atoms with Gasteiger partial charge in [-0.3, -0.25) is 24.6 Å². The summed E-state index contributed by atoms with van der Waals surface area (Å²) in [5.41, 5.74) is 9.24. The molecular weight excluding hydrogens is 424 g/mol. The van der Waals surface area contributed by atoms with E-state index in [-0.39, 0.29) is 30.9 Å². The highest BCUT2D eigenvalue weighted by Gasteiger charge is 2.59. The molecule has 1 spiro atoms. The van der Waals surface area contributed by atoms with Crippen LogP contribution in [-0.2, 0) is 27.3 Å². The zero-order chi connectivity index (χ0) is 22.9. The van der Waals surface area contributed by atoms with Gasteiger partial charge < -0.3 is 15.4 Å². The summed E-state index contributed by atoms with van der Waals surface area (Å²) in [5, 5.41) is 2.32. The first-order valence-corrected chi connectivity index (χ1v) is 11.0. The first kappa shape index (κ1) is 19.9.